The van der Waals surface area contributed by atoms with E-state index in [9.17, 15) is 4.79 Å². The summed E-state index contributed by atoms with van der Waals surface area (Å²) in [5.74, 6) is 0.908. The summed E-state index contributed by atoms with van der Waals surface area (Å²) in [6, 6.07) is 0. The molecule has 0 spiro atoms. The number of nitrogens with zero attached hydrogens (tertiary/aromatic N) is 2. The summed E-state index contributed by atoms with van der Waals surface area (Å²) in [5, 5.41) is 6.46. The highest BCUT2D eigenvalue weighted by molar-refractivity contribution is 5.31. The minimum Gasteiger partial charge on any atom is -0.365 e. The van der Waals surface area contributed by atoms with Crippen molar-refractivity contribution in [1.29, 1.82) is 0 Å². The van der Waals surface area contributed by atoms with E-state index in [1.54, 1.807) is 17.0 Å². The molecule has 1 aliphatic heterocycles. The maximum Gasteiger partial charge on any atom is 0.293 e. The number of nitrogens with one attached hydrogen (secondary N) is 2. The van der Waals surface area contributed by atoms with E-state index in [4.69, 9.17) is 0 Å². The SMILES string of the molecule is CC(C)Cn1ccnc(NCCC2=CCNCC2)c1=O. The number of anilines is 1. The van der Waals surface area contributed by atoms with Gasteiger partial charge in [0.15, 0.2) is 5.82 Å². The lowest BCUT2D eigenvalue weighted by Gasteiger charge is -2.14. The molecule has 0 bridgehead atoms. The second kappa shape index (κ2) is 7.24. The molecule has 110 valence electrons. The lowest BCUT2D eigenvalue weighted by atomic mass is 10.1. The Morgan fingerprint density at radius 2 is 2.35 bits per heavy atom. The number of hydrogen-bond acceptors (Lipinski definition) is 4. The maximum absolute atomic E-state index is 12.2. The first kappa shape index (κ1) is 14.8. The summed E-state index contributed by atoms with van der Waals surface area (Å²) in [7, 11) is 0. The predicted octanol–water partition coefficient (Wildman–Crippen LogP) is 1.62. The van der Waals surface area contributed by atoms with Crippen molar-refractivity contribution >= 4 is 5.82 Å². The second-order valence-electron chi connectivity index (χ2n) is 5.62. The number of rotatable bonds is 6. The number of hydrogen-bond donors (Lipinski definition) is 2. The van der Waals surface area contributed by atoms with Gasteiger partial charge in [-0.3, -0.25) is 4.79 Å². The minimum absolute atomic E-state index is 0.0273. The molecule has 5 nitrogen and oxygen atoms in total. The van der Waals surface area contributed by atoms with Crippen molar-refractivity contribution in [2.24, 2.45) is 5.92 Å². The van der Waals surface area contributed by atoms with Crippen LogP contribution in [0.15, 0.2) is 28.8 Å². The lowest BCUT2D eigenvalue weighted by Crippen LogP contribution is -2.26. The molecule has 0 amide bonds. The van der Waals surface area contributed by atoms with E-state index < -0.39 is 0 Å². The van der Waals surface area contributed by atoms with Crippen molar-refractivity contribution in [2.75, 3.05) is 25.0 Å². The highest BCUT2D eigenvalue weighted by Crippen LogP contribution is 2.09. The molecule has 0 aromatic carbocycles. The van der Waals surface area contributed by atoms with Crippen LogP contribution in [0.4, 0.5) is 5.82 Å². The average molecular weight is 276 g/mol. The van der Waals surface area contributed by atoms with E-state index in [0.717, 1.165) is 39.0 Å². The molecule has 2 rings (SSSR count). The third-order valence-electron chi connectivity index (χ3n) is 3.37. The molecule has 5 heteroatoms. The van der Waals surface area contributed by atoms with Gasteiger partial charge in [-0.1, -0.05) is 25.5 Å². The average Bonchev–Trinajstić information content (AvgIpc) is 2.43. The Labute approximate surface area is 120 Å². The smallest absolute Gasteiger partial charge is 0.293 e. The number of aromatic nitrogens is 2. The van der Waals surface area contributed by atoms with Gasteiger partial charge in [-0.2, -0.15) is 0 Å². The molecule has 0 radical (unpaired) electrons. The first-order chi connectivity index (χ1) is 9.66. The first-order valence-corrected chi connectivity index (χ1v) is 7.34. The van der Waals surface area contributed by atoms with Crippen molar-refractivity contribution in [1.82, 2.24) is 14.9 Å². The summed E-state index contributed by atoms with van der Waals surface area (Å²) in [6.45, 7) is 7.70. The van der Waals surface area contributed by atoms with E-state index in [1.807, 2.05) is 0 Å². The highest BCUT2D eigenvalue weighted by Gasteiger charge is 2.07. The van der Waals surface area contributed by atoms with Gasteiger partial charge in [-0.15, -0.1) is 0 Å². The van der Waals surface area contributed by atoms with Gasteiger partial charge < -0.3 is 15.2 Å². The molecule has 1 aliphatic rings. The van der Waals surface area contributed by atoms with Crippen molar-refractivity contribution in [2.45, 2.75) is 33.2 Å². The zero-order valence-electron chi connectivity index (χ0n) is 12.4. The van der Waals surface area contributed by atoms with Gasteiger partial charge in [-0.25, -0.2) is 4.98 Å². The predicted molar refractivity (Wildman–Crippen MR) is 82.0 cm³/mol. The second-order valence-corrected chi connectivity index (χ2v) is 5.62. The van der Waals surface area contributed by atoms with Gasteiger partial charge in [-0.05, 0) is 25.3 Å². The summed E-state index contributed by atoms with van der Waals surface area (Å²) in [5.41, 5.74) is 1.43. The Hall–Kier alpha value is -1.62. The van der Waals surface area contributed by atoms with E-state index in [0.29, 0.717) is 11.7 Å². The summed E-state index contributed by atoms with van der Waals surface area (Å²) >= 11 is 0. The Bertz CT molecular complexity index is 519. The Balaban J connectivity index is 1.92. The van der Waals surface area contributed by atoms with E-state index in [2.05, 4.69) is 35.5 Å². The molecule has 1 aromatic rings. The first-order valence-electron chi connectivity index (χ1n) is 7.34. The third kappa shape index (κ3) is 4.20. The van der Waals surface area contributed by atoms with Crippen LogP contribution in [0.3, 0.4) is 0 Å². The van der Waals surface area contributed by atoms with Crippen LogP contribution in [-0.4, -0.2) is 29.2 Å². The van der Waals surface area contributed by atoms with E-state index in [-0.39, 0.29) is 5.56 Å². The van der Waals surface area contributed by atoms with Crippen molar-refractivity contribution in [3.05, 3.63) is 34.4 Å². The zero-order chi connectivity index (χ0) is 14.4. The highest BCUT2D eigenvalue weighted by atomic mass is 16.1. The van der Waals surface area contributed by atoms with Crippen molar-refractivity contribution < 1.29 is 0 Å². The van der Waals surface area contributed by atoms with Gasteiger partial charge in [0.2, 0.25) is 0 Å². The largest absolute Gasteiger partial charge is 0.365 e. The summed E-state index contributed by atoms with van der Waals surface area (Å²) < 4.78 is 1.73. The van der Waals surface area contributed by atoms with Gasteiger partial charge in [0, 0.05) is 32.0 Å². The monoisotopic (exact) mass is 276 g/mol. The van der Waals surface area contributed by atoms with Gasteiger partial charge in [0.25, 0.3) is 5.56 Å². The molecule has 2 N–H and O–H groups in total. The van der Waals surface area contributed by atoms with E-state index in [1.165, 1.54) is 5.57 Å². The van der Waals surface area contributed by atoms with Crippen LogP contribution >= 0.6 is 0 Å². The Morgan fingerprint density at radius 3 is 3.05 bits per heavy atom. The van der Waals surface area contributed by atoms with Gasteiger partial charge in [0.05, 0.1) is 0 Å². The fourth-order valence-electron chi connectivity index (χ4n) is 2.34. The van der Waals surface area contributed by atoms with Gasteiger partial charge >= 0.3 is 0 Å². The molecular formula is C15H24N4O. The van der Waals surface area contributed by atoms with Crippen LogP contribution in [0, 0.1) is 5.92 Å². The molecular weight excluding hydrogens is 252 g/mol. The Kier molecular flexibility index (Phi) is 5.35. The van der Waals surface area contributed by atoms with Crippen molar-refractivity contribution in [3.8, 4) is 0 Å². The molecule has 0 aliphatic carbocycles. The van der Waals surface area contributed by atoms with Crippen LogP contribution in [0.25, 0.3) is 0 Å². The van der Waals surface area contributed by atoms with Crippen LogP contribution in [0.5, 0.6) is 0 Å². The topological polar surface area (TPSA) is 59.0 Å². The molecule has 2 heterocycles. The molecule has 0 unspecified atom stereocenters. The van der Waals surface area contributed by atoms with Crippen LogP contribution in [0.2, 0.25) is 0 Å². The van der Waals surface area contributed by atoms with Crippen molar-refractivity contribution in [3.63, 3.8) is 0 Å². The molecule has 0 atom stereocenters. The van der Waals surface area contributed by atoms with Crippen LogP contribution in [0.1, 0.15) is 26.7 Å². The van der Waals surface area contributed by atoms with Crippen LogP contribution in [-0.2, 0) is 6.54 Å². The molecule has 0 saturated heterocycles. The van der Waals surface area contributed by atoms with E-state index >= 15 is 0 Å². The van der Waals surface area contributed by atoms with Gasteiger partial charge in [0.1, 0.15) is 0 Å². The maximum atomic E-state index is 12.2. The molecule has 0 saturated carbocycles. The fraction of sp³-hybridized carbons (Fsp3) is 0.600. The zero-order valence-corrected chi connectivity index (χ0v) is 12.4. The molecule has 0 fully saturated rings. The minimum atomic E-state index is -0.0273. The fourth-order valence-corrected chi connectivity index (χ4v) is 2.34. The molecule has 1 aromatic heterocycles. The lowest BCUT2D eigenvalue weighted by molar-refractivity contribution is 0.509. The normalized spacial score (nSPS) is 15.2. The van der Waals surface area contributed by atoms with Crippen LogP contribution < -0.4 is 16.2 Å². The quantitative estimate of drug-likeness (QED) is 0.775. The summed E-state index contributed by atoms with van der Waals surface area (Å²) in [6.07, 6.45) is 7.75. The standard InChI is InChI=1S/C15H24N4O/c1-12(2)11-19-10-9-18-14(15(19)20)17-8-5-13-3-6-16-7-4-13/h3,9-10,12,16H,4-8,11H2,1-2H3,(H,17,18). The molecule has 20 heavy (non-hydrogen) atoms. The third-order valence-corrected chi connectivity index (χ3v) is 3.37. The summed E-state index contributed by atoms with van der Waals surface area (Å²) in [4.78, 5) is 16.4. The Morgan fingerprint density at radius 1 is 1.50 bits per heavy atom.